The van der Waals surface area contributed by atoms with Crippen LogP contribution < -0.4 is 4.80 Å². The first-order chi connectivity index (χ1) is 10.5. The molecule has 0 atom stereocenters. The number of rotatable bonds is 5. The summed E-state index contributed by atoms with van der Waals surface area (Å²) in [6, 6.07) is 6.49. The Labute approximate surface area is 134 Å². The highest BCUT2D eigenvalue weighted by molar-refractivity contribution is 7.07. The summed E-state index contributed by atoms with van der Waals surface area (Å²) >= 11 is 1.56. The molecule has 0 unspecified atom stereocenters. The summed E-state index contributed by atoms with van der Waals surface area (Å²) < 4.78 is 15.0. The summed E-state index contributed by atoms with van der Waals surface area (Å²) in [5, 5.41) is 6.75. The molecule has 0 spiro atoms. The van der Waals surface area contributed by atoms with E-state index in [9.17, 15) is 4.39 Å². The summed E-state index contributed by atoms with van der Waals surface area (Å²) in [6.45, 7) is 9.11. The molecule has 118 valence electrons. The molecule has 0 fully saturated rings. The topological polar surface area (TPSA) is 29.6 Å². The highest BCUT2D eigenvalue weighted by Gasteiger charge is 2.08. The maximum absolute atomic E-state index is 13.1. The quantitative estimate of drug-likeness (QED) is 0.724. The van der Waals surface area contributed by atoms with E-state index in [1.165, 1.54) is 12.1 Å². The van der Waals surface area contributed by atoms with Crippen molar-refractivity contribution in [2.75, 3.05) is 6.54 Å². The van der Waals surface area contributed by atoms with Crippen molar-refractivity contribution in [3.05, 3.63) is 40.3 Å². The Bertz CT molecular complexity index is 708. The highest BCUT2D eigenvalue weighted by atomic mass is 32.1. The monoisotopic (exact) mass is 319 g/mol. The minimum atomic E-state index is -0.233. The number of benzene rings is 1. The number of nitrogens with zero attached hydrogens (tertiary/aromatic N) is 3. The lowest BCUT2D eigenvalue weighted by atomic mass is 10.1. The fourth-order valence-electron chi connectivity index (χ4n) is 2.26. The van der Waals surface area contributed by atoms with Gasteiger partial charge in [-0.1, -0.05) is 13.8 Å². The minimum absolute atomic E-state index is 0.233. The van der Waals surface area contributed by atoms with Crippen molar-refractivity contribution in [2.45, 2.75) is 34.1 Å². The molecule has 2 rings (SSSR count). The van der Waals surface area contributed by atoms with E-state index >= 15 is 0 Å². The van der Waals surface area contributed by atoms with E-state index < -0.39 is 0 Å². The van der Waals surface area contributed by atoms with Crippen molar-refractivity contribution < 1.29 is 4.39 Å². The van der Waals surface area contributed by atoms with E-state index in [-0.39, 0.29) is 5.82 Å². The predicted molar refractivity (Wildman–Crippen MR) is 91.8 cm³/mol. The minimum Gasteiger partial charge on any atom is -0.258 e. The van der Waals surface area contributed by atoms with Crippen molar-refractivity contribution in [3.8, 4) is 11.3 Å². The van der Waals surface area contributed by atoms with Gasteiger partial charge in [0.05, 0.1) is 5.69 Å². The Kier molecular flexibility index (Phi) is 5.66. The Morgan fingerprint density at radius 3 is 2.55 bits per heavy atom. The molecular weight excluding hydrogens is 297 g/mol. The zero-order valence-electron chi connectivity index (χ0n) is 13.5. The van der Waals surface area contributed by atoms with E-state index in [2.05, 4.69) is 18.8 Å². The SMILES string of the molecule is CCN=c1scc(-c2ccc(F)cc2)n1/N=C(/C)CC(C)C. The average Bonchev–Trinajstić information content (AvgIpc) is 2.82. The van der Waals surface area contributed by atoms with Crippen LogP contribution in [-0.2, 0) is 0 Å². The van der Waals surface area contributed by atoms with Crippen LogP contribution in [0.1, 0.15) is 34.1 Å². The van der Waals surface area contributed by atoms with Gasteiger partial charge in [-0.2, -0.15) is 5.10 Å². The third-order valence-electron chi connectivity index (χ3n) is 3.09. The standard InChI is InChI=1S/C17H22FN3S/c1-5-19-17-21(20-13(4)10-12(2)3)16(11-22-17)14-6-8-15(18)9-7-14/h6-9,11-12H,5,10H2,1-4H3/b19-17?,20-13-. The van der Waals surface area contributed by atoms with Crippen LogP contribution in [0.15, 0.2) is 39.7 Å². The molecule has 0 aliphatic rings. The van der Waals surface area contributed by atoms with Crippen molar-refractivity contribution in [1.29, 1.82) is 0 Å². The van der Waals surface area contributed by atoms with Crippen molar-refractivity contribution in [1.82, 2.24) is 4.68 Å². The number of hydrogen-bond donors (Lipinski definition) is 0. The Balaban J connectivity index is 2.52. The fraction of sp³-hybridized carbons (Fsp3) is 0.412. The van der Waals surface area contributed by atoms with Gasteiger partial charge in [0, 0.05) is 23.2 Å². The van der Waals surface area contributed by atoms with Crippen LogP contribution in [0.4, 0.5) is 4.39 Å². The first-order valence-corrected chi connectivity index (χ1v) is 8.40. The predicted octanol–water partition coefficient (Wildman–Crippen LogP) is 4.55. The second kappa shape index (κ2) is 7.49. The lowest BCUT2D eigenvalue weighted by Gasteiger charge is -2.07. The second-order valence-electron chi connectivity index (χ2n) is 5.63. The summed E-state index contributed by atoms with van der Waals surface area (Å²) in [5.41, 5.74) is 2.95. The van der Waals surface area contributed by atoms with E-state index in [4.69, 9.17) is 5.10 Å². The van der Waals surface area contributed by atoms with Gasteiger partial charge in [-0.25, -0.2) is 9.07 Å². The summed E-state index contributed by atoms with van der Waals surface area (Å²) in [6.07, 6.45) is 0.942. The molecule has 2 aromatic rings. The zero-order chi connectivity index (χ0) is 16.1. The van der Waals surface area contributed by atoms with Gasteiger partial charge in [0.1, 0.15) is 5.82 Å². The molecule has 1 heterocycles. The number of hydrogen-bond acceptors (Lipinski definition) is 3. The molecule has 3 nitrogen and oxygen atoms in total. The largest absolute Gasteiger partial charge is 0.258 e. The molecule has 0 amide bonds. The zero-order valence-corrected chi connectivity index (χ0v) is 14.3. The smallest absolute Gasteiger partial charge is 0.206 e. The first kappa shape index (κ1) is 16.6. The average molecular weight is 319 g/mol. The van der Waals surface area contributed by atoms with Gasteiger partial charge in [-0.3, -0.25) is 4.99 Å². The lowest BCUT2D eigenvalue weighted by Crippen LogP contribution is -2.14. The molecule has 1 aromatic carbocycles. The number of aromatic nitrogens is 1. The maximum atomic E-state index is 13.1. The third kappa shape index (κ3) is 4.13. The van der Waals surface area contributed by atoms with Gasteiger partial charge in [0.25, 0.3) is 0 Å². The molecule has 1 aromatic heterocycles. The molecule has 0 aliphatic carbocycles. The fourth-order valence-corrected chi connectivity index (χ4v) is 3.16. The Morgan fingerprint density at radius 1 is 1.27 bits per heavy atom. The molecule has 0 saturated carbocycles. The van der Waals surface area contributed by atoms with Crippen LogP contribution in [0.5, 0.6) is 0 Å². The van der Waals surface area contributed by atoms with Crippen LogP contribution >= 0.6 is 11.3 Å². The van der Waals surface area contributed by atoms with Crippen LogP contribution in [0.3, 0.4) is 0 Å². The van der Waals surface area contributed by atoms with Crippen LogP contribution in [0, 0.1) is 11.7 Å². The van der Waals surface area contributed by atoms with E-state index in [0.717, 1.165) is 28.2 Å². The van der Waals surface area contributed by atoms with E-state index in [1.807, 2.05) is 23.9 Å². The number of halogens is 1. The molecule has 0 bridgehead atoms. The van der Waals surface area contributed by atoms with Crippen LogP contribution in [0.2, 0.25) is 0 Å². The molecular formula is C17H22FN3S. The summed E-state index contributed by atoms with van der Waals surface area (Å²) in [4.78, 5) is 5.37. The Morgan fingerprint density at radius 2 is 1.95 bits per heavy atom. The maximum Gasteiger partial charge on any atom is 0.206 e. The number of thiazole rings is 1. The van der Waals surface area contributed by atoms with Gasteiger partial charge in [-0.15, -0.1) is 11.3 Å². The molecule has 22 heavy (non-hydrogen) atoms. The summed E-state index contributed by atoms with van der Waals surface area (Å²) in [7, 11) is 0. The molecule has 0 N–H and O–H groups in total. The molecule has 0 saturated heterocycles. The third-order valence-corrected chi connectivity index (χ3v) is 3.95. The van der Waals surface area contributed by atoms with Crippen LogP contribution in [0.25, 0.3) is 11.3 Å². The van der Waals surface area contributed by atoms with Gasteiger partial charge < -0.3 is 0 Å². The molecule has 0 radical (unpaired) electrons. The first-order valence-electron chi connectivity index (χ1n) is 7.52. The second-order valence-corrected chi connectivity index (χ2v) is 6.47. The van der Waals surface area contributed by atoms with Gasteiger partial charge in [0.15, 0.2) is 0 Å². The Hall–Kier alpha value is -1.75. The summed E-state index contributed by atoms with van der Waals surface area (Å²) in [5.74, 6) is 0.326. The normalized spacial score (nSPS) is 13.2. The molecule has 0 aliphatic heterocycles. The highest BCUT2D eigenvalue weighted by Crippen LogP contribution is 2.20. The van der Waals surface area contributed by atoms with Crippen molar-refractivity contribution >= 4 is 17.0 Å². The van der Waals surface area contributed by atoms with Crippen LogP contribution in [-0.4, -0.2) is 16.9 Å². The lowest BCUT2D eigenvalue weighted by molar-refractivity contribution is 0.628. The van der Waals surface area contributed by atoms with Crippen molar-refractivity contribution in [3.63, 3.8) is 0 Å². The van der Waals surface area contributed by atoms with Gasteiger partial charge in [0.2, 0.25) is 4.80 Å². The van der Waals surface area contributed by atoms with E-state index in [0.29, 0.717) is 12.5 Å². The van der Waals surface area contributed by atoms with Gasteiger partial charge in [-0.05, 0) is 50.5 Å². The van der Waals surface area contributed by atoms with E-state index in [1.54, 1.807) is 23.5 Å². The van der Waals surface area contributed by atoms with Crippen molar-refractivity contribution in [2.24, 2.45) is 16.0 Å². The molecule has 5 heteroatoms. The van der Waals surface area contributed by atoms with Gasteiger partial charge >= 0.3 is 0 Å².